The summed E-state index contributed by atoms with van der Waals surface area (Å²) in [7, 11) is 1.77. The summed E-state index contributed by atoms with van der Waals surface area (Å²) in [6.07, 6.45) is 4.97. The normalized spacial score (nSPS) is 24.7. The molecule has 2 aliphatic rings. The first kappa shape index (κ1) is 16.8. The lowest BCUT2D eigenvalue weighted by Crippen LogP contribution is -2.45. The van der Waals surface area contributed by atoms with E-state index >= 15 is 0 Å². The Hall–Kier alpha value is -1.57. The van der Waals surface area contributed by atoms with Crippen molar-refractivity contribution in [3.63, 3.8) is 0 Å². The molecule has 1 aliphatic heterocycles. The van der Waals surface area contributed by atoms with Crippen molar-refractivity contribution in [1.29, 1.82) is 5.26 Å². The molecular weight excluding hydrogens is 278 g/mol. The van der Waals surface area contributed by atoms with Gasteiger partial charge in [-0.1, -0.05) is 13.3 Å². The van der Waals surface area contributed by atoms with Gasteiger partial charge in [0, 0.05) is 39.0 Å². The van der Waals surface area contributed by atoms with Crippen molar-refractivity contribution in [3.05, 3.63) is 0 Å². The Kier molecular flexibility index (Phi) is 5.82. The smallest absolute Gasteiger partial charge is 0.225 e. The van der Waals surface area contributed by atoms with Gasteiger partial charge in [0.05, 0.1) is 12.5 Å². The minimum atomic E-state index is 0.126. The van der Waals surface area contributed by atoms with Crippen LogP contribution in [0.4, 0.5) is 0 Å². The summed E-state index contributed by atoms with van der Waals surface area (Å²) < 4.78 is 0. The highest BCUT2D eigenvalue weighted by Crippen LogP contribution is 2.35. The zero-order chi connectivity index (χ0) is 16.1. The maximum absolute atomic E-state index is 12.2. The summed E-state index contributed by atoms with van der Waals surface area (Å²) in [5, 5.41) is 8.60. The number of hydrogen-bond acceptors (Lipinski definition) is 3. The summed E-state index contributed by atoms with van der Waals surface area (Å²) in [6.45, 7) is 4.26. The lowest BCUT2D eigenvalue weighted by molar-refractivity contribution is -0.136. The van der Waals surface area contributed by atoms with Crippen LogP contribution in [0.1, 0.15) is 45.4 Å². The Morgan fingerprint density at radius 2 is 2.00 bits per heavy atom. The molecule has 2 rings (SSSR count). The van der Waals surface area contributed by atoms with Gasteiger partial charge in [-0.05, 0) is 31.1 Å². The molecule has 122 valence electrons. The highest BCUT2D eigenvalue weighted by molar-refractivity contribution is 5.81. The number of carbonyl (C=O) groups is 2. The van der Waals surface area contributed by atoms with E-state index in [-0.39, 0.29) is 11.8 Å². The highest BCUT2D eigenvalue weighted by Gasteiger charge is 2.38. The van der Waals surface area contributed by atoms with E-state index in [0.29, 0.717) is 37.1 Å². The second-order valence-corrected chi connectivity index (χ2v) is 6.70. The van der Waals surface area contributed by atoms with Crippen LogP contribution in [-0.2, 0) is 9.59 Å². The lowest BCUT2D eigenvalue weighted by Gasteiger charge is -2.38. The Morgan fingerprint density at radius 1 is 1.27 bits per heavy atom. The standard InChI is InChI=1S/C17H27N3O2/c1-3-13-12-20(17(22)14-5-6-14)10-7-15(13)11-16(21)19(2)9-4-8-18/h13-15H,3-7,9-12H2,1-2H3/t13-,15-/m0/s1. The number of nitriles is 1. The average molecular weight is 305 g/mol. The molecule has 1 heterocycles. The van der Waals surface area contributed by atoms with Gasteiger partial charge < -0.3 is 9.80 Å². The van der Waals surface area contributed by atoms with Gasteiger partial charge in [0.25, 0.3) is 0 Å². The fourth-order valence-electron chi connectivity index (χ4n) is 3.32. The van der Waals surface area contributed by atoms with Crippen LogP contribution in [0, 0.1) is 29.1 Å². The molecule has 0 aromatic rings. The van der Waals surface area contributed by atoms with Crippen LogP contribution in [0.5, 0.6) is 0 Å². The Balaban J connectivity index is 1.85. The Labute approximate surface area is 133 Å². The SMILES string of the molecule is CC[C@H]1CN(C(=O)C2CC2)CC[C@H]1CC(=O)N(C)CCC#N. The van der Waals surface area contributed by atoms with Gasteiger partial charge in [-0.15, -0.1) is 0 Å². The van der Waals surface area contributed by atoms with Crippen LogP contribution >= 0.6 is 0 Å². The van der Waals surface area contributed by atoms with Gasteiger partial charge in [0.1, 0.15) is 0 Å². The van der Waals surface area contributed by atoms with Crippen LogP contribution in [0.15, 0.2) is 0 Å². The third kappa shape index (κ3) is 4.22. The topological polar surface area (TPSA) is 64.4 Å². The van der Waals surface area contributed by atoms with Gasteiger partial charge in [0.2, 0.25) is 11.8 Å². The fourth-order valence-corrected chi connectivity index (χ4v) is 3.32. The minimum Gasteiger partial charge on any atom is -0.345 e. The van der Waals surface area contributed by atoms with Crippen LogP contribution in [0.2, 0.25) is 0 Å². The van der Waals surface area contributed by atoms with Crippen LogP contribution < -0.4 is 0 Å². The van der Waals surface area contributed by atoms with Gasteiger partial charge in [-0.25, -0.2) is 0 Å². The molecule has 22 heavy (non-hydrogen) atoms. The van der Waals surface area contributed by atoms with E-state index in [0.717, 1.165) is 38.8 Å². The van der Waals surface area contributed by atoms with E-state index in [1.165, 1.54) is 0 Å². The third-order valence-electron chi connectivity index (χ3n) is 5.08. The molecule has 0 unspecified atom stereocenters. The molecule has 5 nitrogen and oxygen atoms in total. The Bertz CT molecular complexity index is 453. The molecule has 2 atom stereocenters. The van der Waals surface area contributed by atoms with E-state index in [9.17, 15) is 9.59 Å². The van der Waals surface area contributed by atoms with E-state index in [1.807, 2.05) is 4.90 Å². The van der Waals surface area contributed by atoms with Crippen molar-refractivity contribution in [2.45, 2.75) is 45.4 Å². The van der Waals surface area contributed by atoms with Crippen molar-refractivity contribution in [1.82, 2.24) is 9.80 Å². The minimum absolute atomic E-state index is 0.126. The molecule has 0 N–H and O–H groups in total. The molecule has 5 heteroatoms. The van der Waals surface area contributed by atoms with Gasteiger partial charge in [0.15, 0.2) is 0 Å². The number of likely N-dealkylation sites (tertiary alicyclic amines) is 1. The van der Waals surface area contributed by atoms with Crippen molar-refractivity contribution in [2.24, 2.45) is 17.8 Å². The largest absolute Gasteiger partial charge is 0.345 e. The summed E-state index contributed by atoms with van der Waals surface area (Å²) in [6, 6.07) is 2.07. The van der Waals surface area contributed by atoms with E-state index in [2.05, 4.69) is 13.0 Å². The van der Waals surface area contributed by atoms with E-state index < -0.39 is 0 Å². The van der Waals surface area contributed by atoms with Gasteiger partial charge in [-0.3, -0.25) is 9.59 Å². The van der Waals surface area contributed by atoms with Crippen molar-refractivity contribution < 1.29 is 9.59 Å². The predicted octanol–water partition coefficient (Wildman–Crippen LogP) is 2.03. The first-order valence-electron chi connectivity index (χ1n) is 8.46. The second-order valence-electron chi connectivity index (χ2n) is 6.70. The monoisotopic (exact) mass is 305 g/mol. The number of piperidine rings is 1. The molecule has 2 amide bonds. The predicted molar refractivity (Wildman–Crippen MR) is 83.7 cm³/mol. The summed E-state index contributed by atoms with van der Waals surface area (Å²) in [4.78, 5) is 28.1. The van der Waals surface area contributed by atoms with Crippen LogP contribution in [0.25, 0.3) is 0 Å². The van der Waals surface area contributed by atoms with E-state index in [4.69, 9.17) is 5.26 Å². The molecule has 0 aromatic carbocycles. The zero-order valence-corrected chi connectivity index (χ0v) is 13.8. The van der Waals surface area contributed by atoms with Gasteiger partial charge in [-0.2, -0.15) is 5.26 Å². The molecule has 1 aliphatic carbocycles. The molecule has 1 saturated heterocycles. The molecule has 0 bridgehead atoms. The van der Waals surface area contributed by atoms with Crippen molar-refractivity contribution in [3.8, 4) is 6.07 Å². The van der Waals surface area contributed by atoms with Crippen LogP contribution in [0.3, 0.4) is 0 Å². The lowest BCUT2D eigenvalue weighted by atomic mass is 9.81. The summed E-state index contributed by atoms with van der Waals surface area (Å²) in [5.41, 5.74) is 0. The second kappa shape index (κ2) is 7.62. The zero-order valence-electron chi connectivity index (χ0n) is 13.8. The molecule has 2 fully saturated rings. The number of amides is 2. The molecule has 0 spiro atoms. The maximum atomic E-state index is 12.2. The van der Waals surface area contributed by atoms with Crippen molar-refractivity contribution >= 4 is 11.8 Å². The number of nitrogens with zero attached hydrogens (tertiary/aromatic N) is 3. The van der Waals surface area contributed by atoms with Gasteiger partial charge >= 0.3 is 0 Å². The quantitative estimate of drug-likeness (QED) is 0.754. The number of rotatable bonds is 6. The van der Waals surface area contributed by atoms with E-state index in [1.54, 1.807) is 11.9 Å². The fraction of sp³-hybridized carbons (Fsp3) is 0.824. The Morgan fingerprint density at radius 3 is 2.59 bits per heavy atom. The first-order chi connectivity index (χ1) is 10.6. The number of hydrogen-bond donors (Lipinski definition) is 0. The molecule has 0 aromatic heterocycles. The molecule has 1 saturated carbocycles. The highest BCUT2D eigenvalue weighted by atomic mass is 16.2. The summed E-state index contributed by atoms with van der Waals surface area (Å²) in [5.74, 6) is 1.53. The first-order valence-corrected chi connectivity index (χ1v) is 8.46. The van der Waals surface area contributed by atoms with Crippen molar-refractivity contribution in [2.75, 3.05) is 26.7 Å². The molecule has 0 radical (unpaired) electrons. The third-order valence-corrected chi connectivity index (χ3v) is 5.08. The summed E-state index contributed by atoms with van der Waals surface area (Å²) >= 11 is 0. The molecular formula is C17H27N3O2. The average Bonchev–Trinajstić information content (AvgIpc) is 3.36. The number of carbonyl (C=O) groups excluding carboxylic acids is 2. The van der Waals surface area contributed by atoms with Crippen LogP contribution in [-0.4, -0.2) is 48.3 Å². The maximum Gasteiger partial charge on any atom is 0.225 e.